The molecule has 1 fully saturated rings. The van der Waals surface area contributed by atoms with Gasteiger partial charge in [0.25, 0.3) is 0 Å². The summed E-state index contributed by atoms with van der Waals surface area (Å²) in [5.74, 6) is 0.671. The maximum Gasteiger partial charge on any atom is 0.0921 e. The molecule has 0 spiro atoms. The summed E-state index contributed by atoms with van der Waals surface area (Å²) >= 11 is 0. The van der Waals surface area contributed by atoms with Crippen LogP contribution in [0.5, 0.6) is 0 Å². The van der Waals surface area contributed by atoms with Gasteiger partial charge in [0.15, 0.2) is 0 Å². The first kappa shape index (κ1) is 14.9. The minimum absolute atomic E-state index is 0.214. The van der Waals surface area contributed by atoms with Gasteiger partial charge in [0.1, 0.15) is 0 Å². The molecule has 0 heterocycles. The summed E-state index contributed by atoms with van der Waals surface area (Å²) in [6.45, 7) is 3.79. The van der Waals surface area contributed by atoms with Gasteiger partial charge in [-0.2, -0.15) is 0 Å². The zero-order chi connectivity index (χ0) is 11.7. The number of hydrogen-bond acceptors (Lipinski definition) is 3. The molecule has 1 aliphatic rings. The van der Waals surface area contributed by atoms with Crippen molar-refractivity contribution in [1.29, 1.82) is 0 Å². The van der Waals surface area contributed by atoms with Crippen LogP contribution in [0.2, 0.25) is 0 Å². The summed E-state index contributed by atoms with van der Waals surface area (Å²) < 4.78 is 0. The fourth-order valence-electron chi connectivity index (χ4n) is 2.10. The van der Waals surface area contributed by atoms with Crippen LogP contribution in [-0.2, 0) is 0 Å². The zero-order valence-corrected chi connectivity index (χ0v) is 10.2. The van der Waals surface area contributed by atoms with Crippen LogP contribution in [0.15, 0.2) is 0 Å². The van der Waals surface area contributed by atoms with Gasteiger partial charge in [-0.3, -0.25) is 0 Å². The maximum absolute atomic E-state index is 9.28. The van der Waals surface area contributed by atoms with E-state index in [2.05, 4.69) is 0 Å². The second-order valence-corrected chi connectivity index (χ2v) is 4.15. The highest BCUT2D eigenvalue weighted by Gasteiger charge is 2.20. The van der Waals surface area contributed by atoms with Crippen LogP contribution in [0.4, 0.5) is 0 Å². The molecule has 4 N–H and O–H groups in total. The molecule has 1 saturated carbocycles. The molecule has 0 aromatic carbocycles. The molecule has 0 bridgehead atoms. The number of rotatable bonds is 4. The van der Waals surface area contributed by atoms with E-state index in [9.17, 15) is 5.11 Å². The standard InChI is InChI=1S/C10H21NO2.C2H6/c11-9(10(13)7-12)6-8-4-2-1-3-5-8;1-2/h8-10,12-13H,1-7,11H2;1-2H3. The molecular weight excluding hydrogens is 190 g/mol. The Kier molecular flexibility index (Phi) is 9.06. The van der Waals surface area contributed by atoms with Crippen molar-refractivity contribution in [2.75, 3.05) is 6.61 Å². The van der Waals surface area contributed by atoms with Crippen LogP contribution in [-0.4, -0.2) is 29.0 Å². The highest BCUT2D eigenvalue weighted by Crippen LogP contribution is 2.27. The summed E-state index contributed by atoms with van der Waals surface area (Å²) in [6.07, 6.45) is 6.55. The lowest BCUT2D eigenvalue weighted by Crippen LogP contribution is -2.39. The molecule has 1 aliphatic carbocycles. The third-order valence-corrected chi connectivity index (χ3v) is 3.01. The average Bonchev–Trinajstić information content (AvgIpc) is 2.32. The smallest absolute Gasteiger partial charge is 0.0921 e. The molecule has 92 valence electrons. The fourth-order valence-corrected chi connectivity index (χ4v) is 2.10. The van der Waals surface area contributed by atoms with Gasteiger partial charge < -0.3 is 15.9 Å². The molecule has 1 rings (SSSR count). The van der Waals surface area contributed by atoms with E-state index in [0.717, 1.165) is 6.42 Å². The van der Waals surface area contributed by atoms with E-state index in [1.807, 2.05) is 13.8 Å². The van der Waals surface area contributed by atoms with Crippen molar-refractivity contribution in [3.63, 3.8) is 0 Å². The number of aliphatic hydroxyl groups is 2. The highest BCUT2D eigenvalue weighted by molar-refractivity contribution is 4.76. The van der Waals surface area contributed by atoms with E-state index in [-0.39, 0.29) is 12.6 Å². The molecule has 3 heteroatoms. The summed E-state index contributed by atoms with van der Waals surface area (Å²) in [4.78, 5) is 0. The third kappa shape index (κ3) is 6.13. The van der Waals surface area contributed by atoms with Gasteiger partial charge in [0, 0.05) is 6.04 Å². The van der Waals surface area contributed by atoms with Crippen molar-refractivity contribution in [3.05, 3.63) is 0 Å². The van der Waals surface area contributed by atoms with Crippen molar-refractivity contribution < 1.29 is 10.2 Å². The molecule has 3 nitrogen and oxygen atoms in total. The first-order chi connectivity index (χ1) is 7.24. The normalized spacial score (nSPS) is 21.4. The van der Waals surface area contributed by atoms with E-state index < -0.39 is 6.10 Å². The minimum atomic E-state index is -0.734. The second-order valence-electron chi connectivity index (χ2n) is 4.15. The highest BCUT2D eigenvalue weighted by atomic mass is 16.3. The topological polar surface area (TPSA) is 66.5 Å². The van der Waals surface area contributed by atoms with E-state index in [0.29, 0.717) is 5.92 Å². The van der Waals surface area contributed by atoms with Gasteiger partial charge in [0.05, 0.1) is 12.7 Å². The molecule has 0 radical (unpaired) electrons. The van der Waals surface area contributed by atoms with Gasteiger partial charge in [0.2, 0.25) is 0 Å². The molecular formula is C12H27NO2. The van der Waals surface area contributed by atoms with Crippen LogP contribution in [0.25, 0.3) is 0 Å². The number of hydrogen-bond donors (Lipinski definition) is 3. The van der Waals surface area contributed by atoms with Gasteiger partial charge in [-0.15, -0.1) is 0 Å². The Morgan fingerprint density at radius 1 is 1.20 bits per heavy atom. The largest absolute Gasteiger partial charge is 0.394 e. The number of nitrogens with two attached hydrogens (primary N) is 1. The van der Waals surface area contributed by atoms with E-state index in [1.165, 1.54) is 32.1 Å². The molecule has 0 aromatic heterocycles. The Hall–Kier alpha value is -0.120. The lowest BCUT2D eigenvalue weighted by molar-refractivity contribution is 0.0646. The van der Waals surface area contributed by atoms with E-state index >= 15 is 0 Å². The quantitative estimate of drug-likeness (QED) is 0.671. The van der Waals surface area contributed by atoms with Crippen LogP contribution >= 0.6 is 0 Å². The molecule has 15 heavy (non-hydrogen) atoms. The summed E-state index contributed by atoms with van der Waals surface area (Å²) in [7, 11) is 0. The van der Waals surface area contributed by atoms with Crippen LogP contribution in [0.1, 0.15) is 52.4 Å². The Morgan fingerprint density at radius 3 is 2.20 bits per heavy atom. The Labute approximate surface area is 93.7 Å². The monoisotopic (exact) mass is 217 g/mol. The van der Waals surface area contributed by atoms with Crippen LogP contribution in [0.3, 0.4) is 0 Å². The van der Waals surface area contributed by atoms with E-state index in [4.69, 9.17) is 10.8 Å². The molecule has 0 aromatic rings. The van der Waals surface area contributed by atoms with Crippen molar-refractivity contribution in [3.8, 4) is 0 Å². The predicted octanol–water partition coefficient (Wildman–Crippen LogP) is 1.66. The maximum atomic E-state index is 9.28. The average molecular weight is 217 g/mol. The summed E-state index contributed by atoms with van der Waals surface area (Å²) in [6, 6.07) is -0.243. The molecule has 2 atom stereocenters. The molecule has 2 unspecified atom stereocenters. The molecule has 0 saturated heterocycles. The number of aliphatic hydroxyl groups excluding tert-OH is 2. The lowest BCUT2D eigenvalue weighted by Gasteiger charge is -2.26. The van der Waals surface area contributed by atoms with Gasteiger partial charge in [-0.05, 0) is 12.3 Å². The zero-order valence-electron chi connectivity index (χ0n) is 10.2. The summed E-state index contributed by atoms with van der Waals surface area (Å²) in [5, 5.41) is 18.0. The first-order valence-corrected chi connectivity index (χ1v) is 6.28. The molecule has 0 aliphatic heterocycles. The van der Waals surface area contributed by atoms with Gasteiger partial charge >= 0.3 is 0 Å². The molecule has 0 amide bonds. The van der Waals surface area contributed by atoms with Crippen LogP contribution < -0.4 is 5.73 Å². The van der Waals surface area contributed by atoms with Crippen molar-refractivity contribution in [2.45, 2.75) is 64.5 Å². The predicted molar refractivity (Wildman–Crippen MR) is 63.6 cm³/mol. The minimum Gasteiger partial charge on any atom is -0.394 e. The lowest BCUT2D eigenvalue weighted by atomic mass is 9.84. The Balaban J connectivity index is 0.000000921. The van der Waals surface area contributed by atoms with Crippen molar-refractivity contribution >= 4 is 0 Å². The second kappa shape index (κ2) is 9.13. The summed E-state index contributed by atoms with van der Waals surface area (Å²) in [5.41, 5.74) is 5.75. The Bertz CT molecular complexity index is 136. The van der Waals surface area contributed by atoms with Gasteiger partial charge in [-0.25, -0.2) is 0 Å². The van der Waals surface area contributed by atoms with Crippen molar-refractivity contribution in [1.82, 2.24) is 0 Å². The van der Waals surface area contributed by atoms with Crippen LogP contribution in [0, 0.1) is 5.92 Å². The Morgan fingerprint density at radius 2 is 1.73 bits per heavy atom. The van der Waals surface area contributed by atoms with Crippen molar-refractivity contribution in [2.24, 2.45) is 11.7 Å². The van der Waals surface area contributed by atoms with Gasteiger partial charge in [-0.1, -0.05) is 46.0 Å². The first-order valence-electron chi connectivity index (χ1n) is 6.28. The van der Waals surface area contributed by atoms with E-state index in [1.54, 1.807) is 0 Å². The SMILES string of the molecule is CC.NC(CC1CCCCC1)C(O)CO. The fraction of sp³-hybridized carbons (Fsp3) is 1.00. The third-order valence-electron chi connectivity index (χ3n) is 3.01.